The molecule has 0 aliphatic heterocycles. The molecule has 2 heterocycles. The van der Waals surface area contributed by atoms with Crippen molar-refractivity contribution in [2.75, 3.05) is 0 Å². The summed E-state index contributed by atoms with van der Waals surface area (Å²) < 4.78 is 9.52. The van der Waals surface area contributed by atoms with Gasteiger partial charge in [-0.1, -0.05) is 36.4 Å². The Labute approximate surface area is 187 Å². The second-order valence-corrected chi connectivity index (χ2v) is 7.52. The highest BCUT2D eigenvalue weighted by molar-refractivity contribution is 5.95. The molecule has 9 nitrogen and oxygen atoms in total. The van der Waals surface area contributed by atoms with Crippen LogP contribution in [-0.4, -0.2) is 39.9 Å². The largest absolute Gasteiger partial charge is 0.393 e. The van der Waals surface area contributed by atoms with Gasteiger partial charge in [0, 0.05) is 34.2 Å². The Morgan fingerprint density at radius 1 is 0.727 bits per heavy atom. The highest BCUT2D eigenvalue weighted by Crippen LogP contribution is 2.19. The molecule has 4 aromatic rings. The van der Waals surface area contributed by atoms with E-state index in [4.69, 9.17) is 15.2 Å². The third kappa shape index (κ3) is 5.16. The Hall–Kier alpha value is -4.24. The maximum atomic E-state index is 12.1. The van der Waals surface area contributed by atoms with E-state index < -0.39 is 36.3 Å². The van der Waals surface area contributed by atoms with E-state index in [1.54, 1.807) is 12.4 Å². The van der Waals surface area contributed by atoms with E-state index in [1.807, 2.05) is 48.5 Å². The minimum absolute atomic E-state index is 0.126. The van der Waals surface area contributed by atoms with Crippen LogP contribution in [0.3, 0.4) is 0 Å². The van der Waals surface area contributed by atoms with Crippen LogP contribution in [0.5, 0.6) is 0 Å². The van der Waals surface area contributed by atoms with E-state index in [2.05, 4.69) is 9.97 Å². The topological polar surface area (TPSA) is 144 Å². The van der Waals surface area contributed by atoms with Gasteiger partial charge in [0.1, 0.15) is 6.04 Å². The molecule has 0 bridgehead atoms. The van der Waals surface area contributed by atoms with E-state index in [0.717, 1.165) is 21.8 Å². The van der Waals surface area contributed by atoms with Crippen LogP contribution in [0, 0.1) is 0 Å². The molecular formula is C24H21N3O6. The number of aromatic amines is 2. The average molecular weight is 447 g/mol. The summed E-state index contributed by atoms with van der Waals surface area (Å²) in [7, 11) is 0. The van der Waals surface area contributed by atoms with E-state index in [1.165, 1.54) is 0 Å². The fourth-order valence-electron chi connectivity index (χ4n) is 3.56. The Morgan fingerprint density at radius 3 is 1.76 bits per heavy atom. The molecule has 9 heteroatoms. The normalized spacial score (nSPS) is 11.9. The van der Waals surface area contributed by atoms with Crippen LogP contribution < -0.4 is 5.73 Å². The van der Waals surface area contributed by atoms with E-state index in [-0.39, 0.29) is 12.8 Å². The highest BCUT2D eigenvalue weighted by atomic mass is 16.6. The average Bonchev–Trinajstić information content (AvgIpc) is 3.38. The maximum Gasteiger partial charge on any atom is 0.331 e. The molecule has 0 saturated carbocycles. The number of nitrogens with one attached hydrogen (secondary N) is 2. The molecule has 33 heavy (non-hydrogen) atoms. The lowest BCUT2D eigenvalue weighted by Gasteiger charge is -2.09. The number of hydrogen-bond acceptors (Lipinski definition) is 7. The number of nitrogens with two attached hydrogens (primary N) is 1. The fourth-order valence-corrected chi connectivity index (χ4v) is 3.56. The van der Waals surface area contributed by atoms with Gasteiger partial charge in [-0.3, -0.25) is 14.4 Å². The summed E-state index contributed by atoms with van der Waals surface area (Å²) in [6, 6.07) is 13.3. The number of esters is 4. The number of para-hydroxylation sites is 2. The number of aromatic nitrogens is 2. The number of hydrogen-bond donors (Lipinski definition) is 3. The smallest absolute Gasteiger partial charge is 0.331 e. The molecule has 0 spiro atoms. The van der Waals surface area contributed by atoms with Gasteiger partial charge in [0.2, 0.25) is 0 Å². The van der Waals surface area contributed by atoms with Gasteiger partial charge >= 0.3 is 23.9 Å². The molecule has 4 N–H and O–H groups in total. The molecule has 0 aliphatic rings. The number of H-pyrrole nitrogens is 2. The fraction of sp³-hybridized carbons (Fsp3) is 0.167. The first-order valence-electron chi connectivity index (χ1n) is 10.2. The summed E-state index contributed by atoms with van der Waals surface area (Å²) in [6.07, 6.45) is 2.46. The van der Waals surface area contributed by atoms with Gasteiger partial charge in [-0.05, 0) is 23.3 Å². The summed E-state index contributed by atoms with van der Waals surface area (Å²) >= 11 is 0. The lowest BCUT2D eigenvalue weighted by molar-refractivity contribution is -0.165. The molecule has 4 rings (SSSR count). The first-order valence-corrected chi connectivity index (χ1v) is 10.2. The highest BCUT2D eigenvalue weighted by Gasteiger charge is 2.24. The Bertz CT molecular complexity index is 1350. The summed E-state index contributed by atoms with van der Waals surface area (Å²) in [5.41, 5.74) is 8.71. The summed E-state index contributed by atoms with van der Waals surface area (Å²) in [4.78, 5) is 54.4. The van der Waals surface area contributed by atoms with E-state index in [0.29, 0.717) is 11.1 Å². The van der Waals surface area contributed by atoms with Crippen molar-refractivity contribution < 1.29 is 28.7 Å². The zero-order valence-electron chi connectivity index (χ0n) is 17.5. The molecule has 168 valence electrons. The Balaban J connectivity index is 1.26. The molecule has 0 radical (unpaired) electrons. The molecule has 0 fully saturated rings. The van der Waals surface area contributed by atoms with Crippen LogP contribution in [0.4, 0.5) is 0 Å². The number of fused-ring (bicyclic) bond motifs is 2. The summed E-state index contributed by atoms with van der Waals surface area (Å²) in [6.45, 7) is 0. The number of rotatable bonds is 7. The number of carbonyl (C=O) groups is 4. The van der Waals surface area contributed by atoms with Gasteiger partial charge in [0.05, 0.1) is 19.3 Å². The van der Waals surface area contributed by atoms with Gasteiger partial charge in [-0.2, -0.15) is 0 Å². The minimum Gasteiger partial charge on any atom is -0.393 e. The molecule has 2 aromatic carbocycles. The van der Waals surface area contributed by atoms with Crippen molar-refractivity contribution in [2.45, 2.75) is 25.3 Å². The van der Waals surface area contributed by atoms with Crippen molar-refractivity contribution in [1.29, 1.82) is 0 Å². The maximum absolute atomic E-state index is 12.1. The first-order chi connectivity index (χ1) is 15.9. The SMILES string of the molecule is N[C@@H](CC(=O)OC(=O)Cc1c[nH]c2ccccc12)C(=O)OC(=O)Cc1c[nH]c2ccccc12. The standard InChI is InChI=1S/C24H21N3O6/c25-18(24(31)33-22(29)10-15-13-27-20-8-4-2-6-17(15)20)11-23(30)32-21(28)9-14-12-26-19-7-3-1-5-16(14)19/h1-8,12-13,18,26-27H,9-11,25H2/t18-/m0/s1. The van der Waals surface area contributed by atoms with Gasteiger partial charge in [0.15, 0.2) is 0 Å². The van der Waals surface area contributed by atoms with Gasteiger partial charge in [-0.15, -0.1) is 0 Å². The van der Waals surface area contributed by atoms with E-state index >= 15 is 0 Å². The Kier molecular flexibility index (Phi) is 6.32. The molecular weight excluding hydrogens is 426 g/mol. The lowest BCUT2D eigenvalue weighted by atomic mass is 10.1. The molecule has 0 saturated heterocycles. The van der Waals surface area contributed by atoms with Crippen molar-refractivity contribution in [3.63, 3.8) is 0 Å². The van der Waals surface area contributed by atoms with Crippen LogP contribution in [0.25, 0.3) is 21.8 Å². The van der Waals surface area contributed by atoms with Crippen LogP contribution in [0.15, 0.2) is 60.9 Å². The molecule has 1 atom stereocenters. The quantitative estimate of drug-likeness (QED) is 0.291. The van der Waals surface area contributed by atoms with Crippen molar-refractivity contribution in [1.82, 2.24) is 9.97 Å². The number of ether oxygens (including phenoxy) is 2. The van der Waals surface area contributed by atoms with Crippen molar-refractivity contribution >= 4 is 45.7 Å². The van der Waals surface area contributed by atoms with Crippen LogP contribution in [0.2, 0.25) is 0 Å². The predicted octanol–water partition coefficient (Wildman–Crippen LogP) is 2.29. The minimum atomic E-state index is -1.44. The molecule has 0 unspecified atom stereocenters. The molecule has 0 amide bonds. The van der Waals surface area contributed by atoms with Gasteiger partial charge in [0.25, 0.3) is 0 Å². The van der Waals surface area contributed by atoms with E-state index in [9.17, 15) is 19.2 Å². The van der Waals surface area contributed by atoms with Crippen molar-refractivity contribution in [3.05, 3.63) is 72.1 Å². The van der Waals surface area contributed by atoms with Gasteiger partial charge < -0.3 is 25.2 Å². The summed E-state index contributed by atoms with van der Waals surface area (Å²) in [5, 5.41) is 1.68. The third-order valence-electron chi connectivity index (χ3n) is 5.15. The van der Waals surface area contributed by atoms with Gasteiger partial charge in [-0.25, -0.2) is 4.79 Å². The molecule has 2 aromatic heterocycles. The monoisotopic (exact) mass is 447 g/mol. The first kappa shape index (κ1) is 22.0. The number of benzene rings is 2. The second kappa shape index (κ2) is 9.49. The zero-order valence-corrected chi connectivity index (χ0v) is 17.5. The van der Waals surface area contributed by atoms with Crippen molar-refractivity contribution in [3.8, 4) is 0 Å². The van der Waals surface area contributed by atoms with Crippen LogP contribution >= 0.6 is 0 Å². The summed E-state index contributed by atoms with van der Waals surface area (Å²) in [5.74, 6) is -3.63. The van der Waals surface area contributed by atoms with Crippen LogP contribution in [-0.2, 0) is 41.5 Å². The van der Waals surface area contributed by atoms with Crippen molar-refractivity contribution in [2.24, 2.45) is 5.73 Å². The lowest BCUT2D eigenvalue weighted by Crippen LogP contribution is -2.37. The molecule has 0 aliphatic carbocycles. The second-order valence-electron chi connectivity index (χ2n) is 7.52. The number of carbonyl (C=O) groups excluding carboxylic acids is 4. The predicted molar refractivity (Wildman–Crippen MR) is 119 cm³/mol. The Morgan fingerprint density at radius 2 is 1.21 bits per heavy atom. The van der Waals surface area contributed by atoms with Crippen LogP contribution in [0.1, 0.15) is 17.5 Å². The third-order valence-corrected chi connectivity index (χ3v) is 5.15. The zero-order chi connectivity index (χ0) is 23.4.